The highest BCUT2D eigenvalue weighted by atomic mass is 16.5. The van der Waals surface area contributed by atoms with Gasteiger partial charge in [-0.25, -0.2) is 0 Å². The number of methoxy groups -OCH3 is 1. The lowest BCUT2D eigenvalue weighted by molar-refractivity contribution is 0.0696. The van der Waals surface area contributed by atoms with Gasteiger partial charge in [0.25, 0.3) is 5.91 Å². The zero-order chi connectivity index (χ0) is 20.1. The quantitative estimate of drug-likeness (QED) is 0.790. The van der Waals surface area contributed by atoms with Crippen molar-refractivity contribution in [3.05, 3.63) is 23.8 Å². The summed E-state index contributed by atoms with van der Waals surface area (Å²) in [7, 11) is 1.63. The first-order chi connectivity index (χ1) is 14.2. The average Bonchev–Trinajstić information content (AvgIpc) is 3.30. The van der Waals surface area contributed by atoms with Gasteiger partial charge in [-0.05, 0) is 56.7 Å². The van der Waals surface area contributed by atoms with Crippen LogP contribution in [0.15, 0.2) is 18.2 Å². The minimum Gasteiger partial charge on any atom is -0.493 e. The molecule has 0 aromatic heterocycles. The largest absolute Gasteiger partial charge is 0.493 e. The van der Waals surface area contributed by atoms with Crippen molar-refractivity contribution in [1.29, 1.82) is 0 Å². The van der Waals surface area contributed by atoms with Crippen LogP contribution in [-0.2, 0) is 4.74 Å². The topological polar surface area (TPSA) is 60.0 Å². The zero-order valence-electron chi connectivity index (χ0n) is 17.5. The number of rotatable bonds is 6. The predicted molar refractivity (Wildman–Crippen MR) is 112 cm³/mol. The molecular weight excluding hydrogens is 368 g/mol. The van der Waals surface area contributed by atoms with Crippen molar-refractivity contribution >= 4 is 5.91 Å². The molecule has 0 atom stereocenters. The van der Waals surface area contributed by atoms with Gasteiger partial charge in [-0.15, -0.1) is 0 Å². The third-order valence-electron chi connectivity index (χ3n) is 6.59. The molecule has 0 unspecified atom stereocenters. The molecule has 4 rings (SSSR count). The fourth-order valence-electron chi connectivity index (χ4n) is 4.82. The maximum atomic E-state index is 12.6. The Morgan fingerprint density at radius 3 is 2.45 bits per heavy atom. The molecule has 160 valence electrons. The van der Waals surface area contributed by atoms with Crippen LogP contribution in [0.3, 0.4) is 0 Å². The third kappa shape index (κ3) is 5.23. The van der Waals surface area contributed by atoms with Gasteiger partial charge in [-0.1, -0.05) is 12.8 Å². The maximum Gasteiger partial charge on any atom is 0.251 e. The third-order valence-corrected chi connectivity index (χ3v) is 6.59. The van der Waals surface area contributed by atoms with E-state index in [-0.39, 0.29) is 18.1 Å². The van der Waals surface area contributed by atoms with E-state index in [2.05, 4.69) is 10.2 Å². The summed E-state index contributed by atoms with van der Waals surface area (Å²) in [6.45, 7) is 3.65. The molecule has 2 heterocycles. The van der Waals surface area contributed by atoms with Gasteiger partial charge in [-0.2, -0.15) is 0 Å². The maximum absolute atomic E-state index is 12.6. The van der Waals surface area contributed by atoms with Crippen LogP contribution >= 0.6 is 0 Å². The number of hydrogen-bond acceptors (Lipinski definition) is 5. The molecule has 1 saturated carbocycles. The van der Waals surface area contributed by atoms with Crippen LogP contribution in [0, 0.1) is 0 Å². The van der Waals surface area contributed by atoms with E-state index in [0.29, 0.717) is 24.5 Å². The van der Waals surface area contributed by atoms with Crippen LogP contribution in [0.4, 0.5) is 0 Å². The number of piperidine rings is 1. The molecule has 1 aromatic rings. The second-order valence-corrected chi connectivity index (χ2v) is 8.52. The molecule has 3 aliphatic rings. The van der Waals surface area contributed by atoms with Gasteiger partial charge in [0.15, 0.2) is 11.5 Å². The lowest BCUT2D eigenvalue weighted by atomic mass is 10.0. The highest BCUT2D eigenvalue weighted by molar-refractivity contribution is 5.95. The first kappa shape index (κ1) is 20.5. The van der Waals surface area contributed by atoms with Crippen LogP contribution in [0.1, 0.15) is 61.7 Å². The van der Waals surface area contributed by atoms with Gasteiger partial charge in [0.05, 0.1) is 7.11 Å². The number of ether oxygens (including phenoxy) is 3. The van der Waals surface area contributed by atoms with Crippen molar-refractivity contribution in [2.45, 2.75) is 69.6 Å². The van der Waals surface area contributed by atoms with Crippen LogP contribution in [-0.4, -0.2) is 62.4 Å². The van der Waals surface area contributed by atoms with Crippen molar-refractivity contribution in [1.82, 2.24) is 10.2 Å². The van der Waals surface area contributed by atoms with Crippen molar-refractivity contribution in [3.63, 3.8) is 0 Å². The average molecular weight is 403 g/mol. The number of likely N-dealkylation sites (tertiary alicyclic amines) is 1. The molecule has 29 heavy (non-hydrogen) atoms. The number of carbonyl (C=O) groups is 1. The summed E-state index contributed by atoms with van der Waals surface area (Å²) in [5.41, 5.74) is 0.608. The summed E-state index contributed by atoms with van der Waals surface area (Å²) < 4.78 is 17.2. The minimum absolute atomic E-state index is 0.0633. The number of nitrogens with one attached hydrogen (secondary N) is 1. The Kier molecular flexibility index (Phi) is 6.93. The lowest BCUT2D eigenvalue weighted by Gasteiger charge is -2.36. The molecule has 2 aliphatic heterocycles. The molecule has 1 N–H and O–H groups in total. The summed E-state index contributed by atoms with van der Waals surface area (Å²) in [6, 6.07) is 6.47. The Bertz CT molecular complexity index is 675. The van der Waals surface area contributed by atoms with Crippen molar-refractivity contribution < 1.29 is 19.0 Å². The van der Waals surface area contributed by atoms with Crippen molar-refractivity contribution in [3.8, 4) is 11.5 Å². The smallest absolute Gasteiger partial charge is 0.251 e. The second kappa shape index (κ2) is 9.81. The molecule has 0 bridgehead atoms. The van der Waals surface area contributed by atoms with Crippen molar-refractivity contribution in [2.75, 3.05) is 33.4 Å². The Morgan fingerprint density at radius 2 is 1.76 bits per heavy atom. The van der Waals surface area contributed by atoms with Gasteiger partial charge < -0.3 is 24.4 Å². The van der Waals surface area contributed by atoms with E-state index in [1.54, 1.807) is 13.2 Å². The molecule has 6 nitrogen and oxygen atoms in total. The van der Waals surface area contributed by atoms with E-state index in [9.17, 15) is 4.79 Å². The number of nitrogens with zero attached hydrogens (tertiary/aromatic N) is 1. The molecule has 2 saturated heterocycles. The lowest BCUT2D eigenvalue weighted by Crippen LogP contribution is -2.43. The monoisotopic (exact) mass is 402 g/mol. The Morgan fingerprint density at radius 1 is 1.03 bits per heavy atom. The van der Waals surface area contributed by atoms with E-state index in [0.717, 1.165) is 50.6 Å². The highest BCUT2D eigenvalue weighted by Gasteiger charge is 2.28. The molecule has 0 spiro atoms. The summed E-state index contributed by atoms with van der Waals surface area (Å²) in [4.78, 5) is 15.2. The van der Waals surface area contributed by atoms with Crippen molar-refractivity contribution in [2.24, 2.45) is 0 Å². The molecule has 1 aliphatic carbocycles. The Hall–Kier alpha value is -1.79. The zero-order valence-corrected chi connectivity index (χ0v) is 17.5. The van der Waals surface area contributed by atoms with Crippen LogP contribution in [0.2, 0.25) is 0 Å². The molecular formula is C23H34N2O4. The summed E-state index contributed by atoms with van der Waals surface area (Å²) in [6.07, 6.45) is 9.51. The normalized spacial score (nSPS) is 22.5. The summed E-state index contributed by atoms with van der Waals surface area (Å²) in [5, 5.41) is 3.10. The first-order valence-electron chi connectivity index (χ1n) is 11.2. The fraction of sp³-hybridized carbons (Fsp3) is 0.696. The minimum atomic E-state index is -0.0633. The molecule has 6 heteroatoms. The van der Waals surface area contributed by atoms with Gasteiger partial charge in [-0.3, -0.25) is 4.79 Å². The molecule has 1 amide bonds. The van der Waals surface area contributed by atoms with E-state index in [1.807, 2.05) is 12.1 Å². The standard InChI is InChI=1S/C23H34N2O4/c1-27-22-16-17(23(26)24-18-10-14-28-15-11-18)6-7-21(22)29-20-8-12-25(13-9-20)19-4-2-3-5-19/h6-7,16,18-20H,2-5,8-15H2,1H3,(H,24,26). The van der Waals surface area contributed by atoms with Gasteiger partial charge >= 0.3 is 0 Å². The number of carbonyl (C=O) groups excluding carboxylic acids is 1. The van der Waals surface area contributed by atoms with Gasteiger partial charge in [0, 0.05) is 44.0 Å². The van der Waals surface area contributed by atoms with Crippen LogP contribution in [0.5, 0.6) is 11.5 Å². The Balaban J connectivity index is 1.32. The van der Waals surface area contributed by atoms with E-state index in [4.69, 9.17) is 14.2 Å². The molecule has 3 fully saturated rings. The predicted octanol–water partition coefficient (Wildman–Crippen LogP) is 3.39. The Labute approximate surface area is 173 Å². The number of benzene rings is 1. The second-order valence-electron chi connectivity index (χ2n) is 8.52. The SMILES string of the molecule is COc1cc(C(=O)NC2CCOCC2)ccc1OC1CCN(C2CCCC2)CC1. The summed E-state index contributed by atoms with van der Waals surface area (Å²) in [5.74, 6) is 1.30. The summed E-state index contributed by atoms with van der Waals surface area (Å²) >= 11 is 0. The first-order valence-corrected chi connectivity index (χ1v) is 11.2. The highest BCUT2D eigenvalue weighted by Crippen LogP contribution is 2.32. The number of amides is 1. The van der Waals surface area contributed by atoms with E-state index in [1.165, 1.54) is 25.7 Å². The van der Waals surface area contributed by atoms with Crippen LogP contribution in [0.25, 0.3) is 0 Å². The van der Waals surface area contributed by atoms with Gasteiger partial charge in [0.2, 0.25) is 0 Å². The van der Waals surface area contributed by atoms with Gasteiger partial charge in [0.1, 0.15) is 6.10 Å². The van der Waals surface area contributed by atoms with Crippen LogP contribution < -0.4 is 14.8 Å². The van der Waals surface area contributed by atoms with E-state index < -0.39 is 0 Å². The number of hydrogen-bond donors (Lipinski definition) is 1. The molecule has 1 aromatic carbocycles. The fourth-order valence-corrected chi connectivity index (χ4v) is 4.82. The van der Waals surface area contributed by atoms with E-state index >= 15 is 0 Å². The molecule has 0 radical (unpaired) electrons.